The fourth-order valence-electron chi connectivity index (χ4n) is 5.29. The maximum Gasteiger partial charge on any atom is 0.260 e. The summed E-state index contributed by atoms with van der Waals surface area (Å²) in [5, 5.41) is 10.9. The largest absolute Gasteiger partial charge is 0.493 e. The number of nitrogens with one attached hydrogen (secondary N) is 2. The molecule has 0 saturated carbocycles. The smallest absolute Gasteiger partial charge is 0.260 e. The second-order valence-corrected chi connectivity index (χ2v) is 10.1. The van der Waals surface area contributed by atoms with Crippen LogP contribution in [0.4, 0.5) is 19.0 Å². The quantitative estimate of drug-likeness (QED) is 0.412. The number of alkyl halides is 2. The Morgan fingerprint density at radius 3 is 2.50 bits per heavy atom. The lowest BCUT2D eigenvalue weighted by molar-refractivity contribution is 0.0615. The number of nitrogens with zero attached hydrogens (tertiary/aromatic N) is 3. The van der Waals surface area contributed by atoms with Gasteiger partial charge in [0.25, 0.3) is 12.3 Å². The second kappa shape index (κ2) is 12.0. The van der Waals surface area contributed by atoms with Crippen molar-refractivity contribution in [1.82, 2.24) is 20.0 Å². The molecule has 3 aromatic rings. The monoisotopic (exact) mass is 579 g/mol. The van der Waals surface area contributed by atoms with Gasteiger partial charge in [-0.05, 0) is 56.2 Å². The highest BCUT2D eigenvalue weighted by molar-refractivity contribution is 5.95. The highest BCUT2D eigenvalue weighted by Gasteiger charge is 2.35. The lowest BCUT2D eigenvalue weighted by Crippen LogP contribution is -2.56. The minimum Gasteiger partial charge on any atom is -0.493 e. The van der Waals surface area contributed by atoms with Crippen LogP contribution in [0.3, 0.4) is 0 Å². The van der Waals surface area contributed by atoms with Crippen LogP contribution >= 0.6 is 12.4 Å². The van der Waals surface area contributed by atoms with Crippen molar-refractivity contribution in [1.29, 1.82) is 0 Å². The predicted octanol–water partition coefficient (Wildman–Crippen LogP) is 5.31. The summed E-state index contributed by atoms with van der Waals surface area (Å²) in [6.45, 7) is 5.13. The molecule has 0 bridgehead atoms. The van der Waals surface area contributed by atoms with Crippen LogP contribution in [-0.4, -0.2) is 66.4 Å². The van der Waals surface area contributed by atoms with E-state index >= 15 is 4.39 Å². The molecule has 12 heteroatoms. The molecule has 2 aliphatic heterocycles. The molecule has 5 rings (SSSR count). The number of anilines is 1. The van der Waals surface area contributed by atoms with E-state index in [-0.39, 0.29) is 53.6 Å². The van der Waals surface area contributed by atoms with Gasteiger partial charge in [0, 0.05) is 42.4 Å². The normalized spacial score (nSPS) is 22.2. The van der Waals surface area contributed by atoms with Gasteiger partial charge in [0.2, 0.25) is 0 Å². The van der Waals surface area contributed by atoms with Gasteiger partial charge in [0.05, 0.1) is 26.0 Å². The molecule has 2 unspecified atom stereocenters. The van der Waals surface area contributed by atoms with Crippen LogP contribution in [0.25, 0.3) is 11.3 Å². The molecule has 1 amide bonds. The van der Waals surface area contributed by atoms with E-state index in [4.69, 9.17) is 9.47 Å². The van der Waals surface area contributed by atoms with Gasteiger partial charge in [-0.3, -0.25) is 4.79 Å². The van der Waals surface area contributed by atoms with Gasteiger partial charge in [0.15, 0.2) is 11.5 Å². The number of carbonyl (C=O) groups excluding carboxylic acids is 1. The Hall–Kier alpha value is -3.44. The number of ether oxygens (including phenoxy) is 2. The molecule has 0 radical (unpaired) electrons. The molecule has 2 aromatic carbocycles. The predicted molar refractivity (Wildman–Crippen MR) is 148 cm³/mol. The molecule has 2 aliphatic rings. The molecule has 4 atom stereocenters. The lowest BCUT2D eigenvalue weighted by Gasteiger charge is -2.37. The van der Waals surface area contributed by atoms with Gasteiger partial charge in [-0.15, -0.1) is 12.4 Å². The summed E-state index contributed by atoms with van der Waals surface area (Å²) in [4.78, 5) is 14.8. The van der Waals surface area contributed by atoms with E-state index in [1.54, 1.807) is 35.2 Å². The molecule has 8 nitrogen and oxygen atoms in total. The molecule has 3 heterocycles. The Morgan fingerprint density at radius 1 is 1.07 bits per heavy atom. The number of halogens is 4. The summed E-state index contributed by atoms with van der Waals surface area (Å²) in [5.41, 5.74) is 1.32. The van der Waals surface area contributed by atoms with Crippen LogP contribution in [0.15, 0.2) is 42.5 Å². The van der Waals surface area contributed by atoms with E-state index in [0.29, 0.717) is 30.4 Å². The van der Waals surface area contributed by atoms with Gasteiger partial charge < -0.3 is 25.0 Å². The minimum atomic E-state index is -2.69. The summed E-state index contributed by atoms with van der Waals surface area (Å²) in [6, 6.07) is 9.52. The zero-order valence-corrected chi connectivity index (χ0v) is 23.5. The third-order valence-corrected chi connectivity index (χ3v) is 7.47. The first-order valence-electron chi connectivity index (χ1n) is 12.9. The number of hydrogen-bond acceptors (Lipinski definition) is 6. The average Bonchev–Trinajstić information content (AvgIpc) is 3.36. The van der Waals surface area contributed by atoms with Crippen molar-refractivity contribution in [3.63, 3.8) is 0 Å². The SMILES string of the molecule is COc1ccc(C2CC(C(F)F)n3nc(-c4ccc(C(=O)N5C[C@H](C)NC[C@H]5C)cc4F)cc3N2)cc1OC.Cl. The molecule has 1 saturated heterocycles. The van der Waals surface area contributed by atoms with Gasteiger partial charge in [-0.1, -0.05) is 6.07 Å². The van der Waals surface area contributed by atoms with Crippen LogP contribution in [-0.2, 0) is 0 Å². The summed E-state index contributed by atoms with van der Waals surface area (Å²) in [5.74, 6) is 0.490. The van der Waals surface area contributed by atoms with Crippen molar-refractivity contribution >= 4 is 24.1 Å². The standard InChI is InChI=1S/C28H32F3N5O3.ClH/c1-15-14-35(16(2)13-32-15)28(37)18-5-7-19(20(29)9-18)22-12-26-33-21(11-23(27(30)31)36(26)34-22)17-6-8-24(38-3)25(10-17)39-4;/h5-10,12,15-16,21,23,27,32-33H,11,13-14H2,1-4H3;1H/t15-,16+,21?,23?;/m0./s1. The Labute approximate surface area is 237 Å². The van der Waals surface area contributed by atoms with Crippen molar-refractivity contribution in [2.24, 2.45) is 0 Å². The lowest BCUT2D eigenvalue weighted by atomic mass is 9.97. The van der Waals surface area contributed by atoms with Gasteiger partial charge in [-0.25, -0.2) is 17.9 Å². The molecule has 216 valence electrons. The Kier molecular flexibility index (Phi) is 8.84. The van der Waals surface area contributed by atoms with E-state index in [1.165, 1.54) is 31.0 Å². The molecule has 1 aromatic heterocycles. The summed E-state index contributed by atoms with van der Waals surface area (Å²) < 4.78 is 55.5. The van der Waals surface area contributed by atoms with Crippen molar-refractivity contribution in [2.75, 3.05) is 32.6 Å². The fraction of sp³-hybridized carbons (Fsp3) is 0.429. The zero-order chi connectivity index (χ0) is 27.8. The highest BCUT2D eigenvalue weighted by atomic mass is 35.5. The van der Waals surface area contributed by atoms with Crippen molar-refractivity contribution in [3.05, 3.63) is 59.4 Å². The van der Waals surface area contributed by atoms with Crippen molar-refractivity contribution < 1.29 is 27.4 Å². The van der Waals surface area contributed by atoms with E-state index in [9.17, 15) is 13.6 Å². The second-order valence-electron chi connectivity index (χ2n) is 10.1. The number of hydrogen-bond donors (Lipinski definition) is 2. The van der Waals surface area contributed by atoms with Crippen LogP contribution in [0.2, 0.25) is 0 Å². The van der Waals surface area contributed by atoms with Gasteiger partial charge >= 0.3 is 0 Å². The molecule has 1 fully saturated rings. The van der Waals surface area contributed by atoms with Crippen LogP contribution in [0.5, 0.6) is 11.5 Å². The van der Waals surface area contributed by atoms with Gasteiger partial charge in [0.1, 0.15) is 17.7 Å². The topological polar surface area (TPSA) is 80.7 Å². The molecular formula is C28H33ClF3N5O3. The number of aromatic nitrogens is 2. The number of fused-ring (bicyclic) bond motifs is 1. The number of methoxy groups -OCH3 is 2. The van der Waals surface area contributed by atoms with Gasteiger partial charge in [-0.2, -0.15) is 5.10 Å². The van der Waals surface area contributed by atoms with E-state index in [2.05, 4.69) is 15.7 Å². The number of carbonyl (C=O) groups is 1. The highest BCUT2D eigenvalue weighted by Crippen LogP contribution is 2.41. The summed E-state index contributed by atoms with van der Waals surface area (Å²) in [7, 11) is 3.04. The Bertz CT molecular complexity index is 1370. The summed E-state index contributed by atoms with van der Waals surface area (Å²) in [6.07, 6.45) is -2.62. The molecule has 40 heavy (non-hydrogen) atoms. The molecular weight excluding hydrogens is 547 g/mol. The first kappa shape index (κ1) is 29.5. The van der Waals surface area contributed by atoms with E-state index in [1.807, 2.05) is 13.8 Å². The number of rotatable bonds is 6. The van der Waals surface area contributed by atoms with Crippen molar-refractivity contribution in [3.8, 4) is 22.8 Å². The zero-order valence-electron chi connectivity index (χ0n) is 22.7. The first-order valence-corrected chi connectivity index (χ1v) is 12.9. The third-order valence-electron chi connectivity index (χ3n) is 7.47. The maximum atomic E-state index is 15.3. The van der Waals surface area contributed by atoms with Crippen LogP contribution in [0, 0.1) is 5.82 Å². The molecule has 0 spiro atoms. The average molecular weight is 580 g/mol. The van der Waals surface area contributed by atoms with Crippen LogP contribution in [0.1, 0.15) is 48.3 Å². The van der Waals surface area contributed by atoms with E-state index < -0.39 is 24.3 Å². The first-order chi connectivity index (χ1) is 18.7. The fourth-order valence-corrected chi connectivity index (χ4v) is 5.29. The van der Waals surface area contributed by atoms with E-state index in [0.717, 1.165) is 5.56 Å². The number of amides is 1. The minimum absolute atomic E-state index is 0. The number of benzene rings is 2. The third kappa shape index (κ3) is 5.57. The summed E-state index contributed by atoms with van der Waals surface area (Å²) >= 11 is 0. The van der Waals surface area contributed by atoms with Crippen LogP contribution < -0.4 is 20.1 Å². The Morgan fingerprint density at radius 2 is 1.82 bits per heavy atom. The maximum absolute atomic E-state index is 15.3. The molecule has 0 aliphatic carbocycles. The number of piperazine rings is 1. The van der Waals surface area contributed by atoms with Crippen molar-refractivity contribution in [2.45, 2.75) is 50.9 Å². The molecule has 2 N–H and O–H groups in total. The Balaban J connectivity index is 0.00000370.